The molecule has 0 spiro atoms. The maximum atomic E-state index is 14.1. The molecule has 4 N–H and O–H groups in total. The highest BCUT2D eigenvalue weighted by atomic mass is 35.5. The van der Waals surface area contributed by atoms with Gasteiger partial charge in [0.15, 0.2) is 17.3 Å². The summed E-state index contributed by atoms with van der Waals surface area (Å²) in [4.78, 5) is 17.7. The molecule has 1 heterocycles. The summed E-state index contributed by atoms with van der Waals surface area (Å²) in [5, 5.41) is 14.1. The van der Waals surface area contributed by atoms with Gasteiger partial charge in [-0.2, -0.15) is 0 Å². The molecule has 5 nitrogen and oxygen atoms in total. The number of rotatable bonds is 6. The summed E-state index contributed by atoms with van der Waals surface area (Å²) in [5.74, 6) is -0.567. The second-order valence-corrected chi connectivity index (χ2v) is 9.71. The van der Waals surface area contributed by atoms with Crippen LogP contribution in [0.3, 0.4) is 0 Å². The molecule has 2 saturated carbocycles. The third-order valence-corrected chi connectivity index (χ3v) is 7.25. The van der Waals surface area contributed by atoms with Crippen molar-refractivity contribution in [2.75, 3.05) is 11.9 Å². The summed E-state index contributed by atoms with van der Waals surface area (Å²) >= 11 is 6.01. The number of aromatic nitrogens is 1. The second-order valence-electron chi connectivity index (χ2n) is 9.30. The van der Waals surface area contributed by atoms with Gasteiger partial charge in [0.05, 0.1) is 21.8 Å². The van der Waals surface area contributed by atoms with E-state index in [1.54, 1.807) is 6.20 Å². The van der Waals surface area contributed by atoms with Crippen LogP contribution in [0, 0.1) is 17.7 Å². The maximum Gasteiger partial charge on any atom is 0.170 e. The number of halogens is 2. The summed E-state index contributed by atoms with van der Waals surface area (Å²) in [6.07, 6.45) is 7.67. The van der Waals surface area contributed by atoms with Gasteiger partial charge in [0.1, 0.15) is 0 Å². The Morgan fingerprint density at radius 3 is 2.55 bits per heavy atom. The summed E-state index contributed by atoms with van der Waals surface area (Å²) in [6, 6.07) is 8.68. The van der Waals surface area contributed by atoms with E-state index in [0.717, 1.165) is 60.7 Å². The molecule has 2 fully saturated rings. The number of Topliss-reactive ketones (excluding diaryl/α,β-unsaturated/α-hetero) is 1. The second kappa shape index (κ2) is 8.92. The smallest absolute Gasteiger partial charge is 0.170 e. The average Bonchev–Trinajstić information content (AvgIpc) is 3.68. The number of phenolic OH excluding ortho intramolecular Hbond substituents is 1. The number of nitrogens with one attached hydrogen (secondary N) is 1. The quantitative estimate of drug-likeness (QED) is 0.391. The number of hydrogen-bond donors (Lipinski definition) is 3. The zero-order valence-corrected chi connectivity index (χ0v) is 19.0. The van der Waals surface area contributed by atoms with Crippen molar-refractivity contribution in [1.82, 2.24) is 4.98 Å². The van der Waals surface area contributed by atoms with Crippen LogP contribution in [0.25, 0.3) is 22.0 Å². The maximum absolute atomic E-state index is 14.1. The Labute approximate surface area is 197 Å². The molecule has 172 valence electrons. The number of fused-ring (bicyclic) bond motifs is 1. The molecule has 1 aromatic heterocycles. The van der Waals surface area contributed by atoms with Gasteiger partial charge in [-0.3, -0.25) is 9.78 Å². The first-order valence-electron chi connectivity index (χ1n) is 11.6. The lowest BCUT2D eigenvalue weighted by molar-refractivity contribution is 0.0968. The number of ketones is 1. The number of benzene rings is 2. The van der Waals surface area contributed by atoms with Gasteiger partial charge in [-0.1, -0.05) is 17.7 Å². The van der Waals surface area contributed by atoms with Crippen molar-refractivity contribution in [3.63, 3.8) is 0 Å². The van der Waals surface area contributed by atoms with Crippen LogP contribution >= 0.6 is 11.6 Å². The number of anilines is 1. The van der Waals surface area contributed by atoms with Crippen LogP contribution in [-0.4, -0.2) is 28.5 Å². The van der Waals surface area contributed by atoms with Crippen LogP contribution in [0.4, 0.5) is 10.1 Å². The van der Waals surface area contributed by atoms with Crippen molar-refractivity contribution in [2.24, 2.45) is 17.6 Å². The topological polar surface area (TPSA) is 88.2 Å². The molecule has 0 saturated heterocycles. The Morgan fingerprint density at radius 1 is 1.12 bits per heavy atom. The zero-order valence-electron chi connectivity index (χ0n) is 18.3. The highest BCUT2D eigenvalue weighted by Gasteiger charge is 2.33. The number of phenols is 1. The van der Waals surface area contributed by atoms with Crippen molar-refractivity contribution in [3.05, 3.63) is 52.9 Å². The fourth-order valence-corrected chi connectivity index (χ4v) is 4.97. The third-order valence-electron chi connectivity index (χ3n) is 6.96. The van der Waals surface area contributed by atoms with E-state index in [1.807, 2.05) is 18.2 Å². The van der Waals surface area contributed by atoms with Gasteiger partial charge in [-0.05, 0) is 86.4 Å². The van der Waals surface area contributed by atoms with E-state index in [1.165, 1.54) is 12.1 Å². The summed E-state index contributed by atoms with van der Waals surface area (Å²) in [6.45, 7) is 0.714. The SMILES string of the molecule is NC[C@H]1CC[C@H](Nc2c(C(=O)C3CC3)cnc3ccc(-c4cc(F)c(O)c(Cl)c4)cc23)CC1. The largest absolute Gasteiger partial charge is 0.504 e. The summed E-state index contributed by atoms with van der Waals surface area (Å²) in [5.41, 5.74) is 9.32. The van der Waals surface area contributed by atoms with Crippen molar-refractivity contribution in [2.45, 2.75) is 44.6 Å². The third kappa shape index (κ3) is 4.42. The van der Waals surface area contributed by atoms with Crippen molar-refractivity contribution in [3.8, 4) is 16.9 Å². The van der Waals surface area contributed by atoms with Gasteiger partial charge < -0.3 is 16.2 Å². The Morgan fingerprint density at radius 2 is 1.88 bits per heavy atom. The molecule has 3 aromatic rings. The first kappa shape index (κ1) is 22.1. The molecular formula is C26H27ClFN3O2. The molecule has 0 unspecified atom stereocenters. The lowest BCUT2D eigenvalue weighted by Crippen LogP contribution is -2.29. The molecule has 0 bridgehead atoms. The predicted octanol–water partition coefficient (Wildman–Crippen LogP) is 5.92. The van der Waals surface area contributed by atoms with Crippen molar-refractivity contribution in [1.29, 1.82) is 0 Å². The molecule has 2 aromatic carbocycles. The number of carbonyl (C=O) groups excluding carboxylic acids is 1. The molecule has 0 amide bonds. The number of pyridine rings is 1. The van der Waals surface area contributed by atoms with Gasteiger partial charge in [0.25, 0.3) is 0 Å². The highest BCUT2D eigenvalue weighted by molar-refractivity contribution is 6.32. The Bertz CT molecular complexity index is 1200. The molecule has 0 aliphatic heterocycles. The molecular weight excluding hydrogens is 441 g/mol. The summed E-state index contributed by atoms with van der Waals surface area (Å²) in [7, 11) is 0. The summed E-state index contributed by atoms with van der Waals surface area (Å²) < 4.78 is 14.1. The van der Waals surface area contributed by atoms with Gasteiger partial charge in [0.2, 0.25) is 0 Å². The molecule has 5 rings (SSSR count). The molecule has 7 heteroatoms. The number of nitrogens with zero attached hydrogens (tertiary/aromatic N) is 1. The predicted molar refractivity (Wildman–Crippen MR) is 129 cm³/mol. The fourth-order valence-electron chi connectivity index (χ4n) is 4.76. The molecule has 2 aliphatic rings. The van der Waals surface area contributed by atoms with E-state index in [-0.39, 0.29) is 22.8 Å². The van der Waals surface area contributed by atoms with Crippen LogP contribution in [0.2, 0.25) is 5.02 Å². The Hall–Kier alpha value is -2.70. The van der Waals surface area contributed by atoms with E-state index in [0.29, 0.717) is 23.6 Å². The van der Waals surface area contributed by atoms with E-state index < -0.39 is 11.6 Å². The van der Waals surface area contributed by atoms with Crippen molar-refractivity contribution >= 4 is 34.0 Å². The molecule has 2 aliphatic carbocycles. The van der Waals surface area contributed by atoms with Crippen LogP contribution in [0.5, 0.6) is 5.75 Å². The highest BCUT2D eigenvalue weighted by Crippen LogP contribution is 2.39. The molecule has 0 radical (unpaired) electrons. The van der Waals surface area contributed by atoms with E-state index in [9.17, 15) is 14.3 Å². The lowest BCUT2D eigenvalue weighted by Gasteiger charge is -2.30. The molecule has 33 heavy (non-hydrogen) atoms. The normalized spacial score (nSPS) is 20.7. The van der Waals surface area contributed by atoms with Crippen LogP contribution in [0.15, 0.2) is 36.5 Å². The molecule has 0 atom stereocenters. The Kier molecular flexibility index (Phi) is 5.97. The van der Waals surface area contributed by atoms with E-state index >= 15 is 0 Å². The first-order chi connectivity index (χ1) is 15.9. The Balaban J connectivity index is 1.59. The number of nitrogens with two attached hydrogens (primary N) is 1. The first-order valence-corrected chi connectivity index (χ1v) is 11.9. The van der Waals surface area contributed by atoms with Crippen LogP contribution in [0.1, 0.15) is 48.9 Å². The number of carbonyl (C=O) groups is 1. The van der Waals surface area contributed by atoms with E-state index in [2.05, 4.69) is 10.3 Å². The van der Waals surface area contributed by atoms with E-state index in [4.69, 9.17) is 17.3 Å². The van der Waals surface area contributed by atoms with Gasteiger partial charge >= 0.3 is 0 Å². The zero-order chi connectivity index (χ0) is 23.1. The van der Waals surface area contributed by atoms with Gasteiger partial charge in [0, 0.05) is 23.5 Å². The van der Waals surface area contributed by atoms with Crippen LogP contribution in [-0.2, 0) is 0 Å². The van der Waals surface area contributed by atoms with Gasteiger partial charge in [-0.25, -0.2) is 4.39 Å². The monoisotopic (exact) mass is 467 g/mol. The number of aromatic hydroxyl groups is 1. The van der Waals surface area contributed by atoms with Gasteiger partial charge in [-0.15, -0.1) is 0 Å². The standard InChI is InChI=1S/C26H27ClFN3O2/c27-21-10-17(11-22(28)26(21)33)16-5-8-23-19(9-16)24(20(13-30-23)25(32)15-3-4-15)31-18-6-1-14(12-29)2-7-18/h5,8-11,13-15,18,33H,1-4,6-7,12,29H2,(H,30,31)/t14-,18-. The van der Waals surface area contributed by atoms with Crippen LogP contribution < -0.4 is 11.1 Å². The minimum absolute atomic E-state index is 0.0455. The minimum atomic E-state index is -0.775. The average molecular weight is 468 g/mol. The number of hydrogen-bond acceptors (Lipinski definition) is 5. The van der Waals surface area contributed by atoms with Crippen molar-refractivity contribution < 1.29 is 14.3 Å². The lowest BCUT2D eigenvalue weighted by atomic mass is 9.85. The minimum Gasteiger partial charge on any atom is -0.504 e. The fraction of sp³-hybridized carbons (Fsp3) is 0.385.